The maximum absolute atomic E-state index is 11.9. The summed E-state index contributed by atoms with van der Waals surface area (Å²) in [5.74, 6) is -0.639. The highest BCUT2D eigenvalue weighted by Crippen LogP contribution is 2.18. The average molecular weight is 249 g/mol. The molecule has 1 fully saturated rings. The van der Waals surface area contributed by atoms with E-state index < -0.39 is 12.0 Å². The zero-order valence-electron chi connectivity index (χ0n) is 9.91. The zero-order valence-corrected chi connectivity index (χ0v) is 9.91. The molecular weight excluding hydrogens is 234 g/mol. The molecule has 0 spiro atoms. The first-order valence-electron chi connectivity index (χ1n) is 5.93. The van der Waals surface area contributed by atoms with Gasteiger partial charge >= 0.3 is 5.97 Å². The average Bonchev–Trinajstić information content (AvgIpc) is 2.89. The van der Waals surface area contributed by atoms with E-state index >= 15 is 0 Å². The molecule has 2 rings (SSSR count). The fraction of sp³-hybridized carbons (Fsp3) is 0.385. The van der Waals surface area contributed by atoms with Crippen molar-refractivity contribution in [3.8, 4) is 0 Å². The minimum absolute atomic E-state index is 0.279. The van der Waals surface area contributed by atoms with Crippen LogP contribution in [0.2, 0.25) is 0 Å². The second-order valence-corrected chi connectivity index (χ2v) is 4.23. The van der Waals surface area contributed by atoms with E-state index in [1.165, 1.54) is 17.2 Å². The molecule has 0 unspecified atom stereocenters. The lowest BCUT2D eigenvalue weighted by Crippen LogP contribution is -2.47. The van der Waals surface area contributed by atoms with Gasteiger partial charge in [0.05, 0.1) is 6.26 Å². The predicted molar refractivity (Wildman–Crippen MR) is 64.7 cm³/mol. The van der Waals surface area contributed by atoms with Crippen molar-refractivity contribution in [3.05, 3.63) is 30.2 Å². The van der Waals surface area contributed by atoms with Crippen LogP contribution in [0.15, 0.2) is 28.9 Å². The molecule has 0 aromatic carbocycles. The molecule has 1 aromatic rings. The highest BCUT2D eigenvalue weighted by molar-refractivity contribution is 5.94. The number of hydrogen-bond donors (Lipinski definition) is 1. The standard InChI is InChI=1S/C13H15NO4/c15-12(7-6-10-4-3-9-18-10)14-8-2-1-5-11(14)13(16)17/h3-4,6-7,9,11H,1-2,5,8H2,(H,16,17)/t11-/m0/s1. The van der Waals surface area contributed by atoms with E-state index in [0.29, 0.717) is 18.7 Å². The summed E-state index contributed by atoms with van der Waals surface area (Å²) in [6.45, 7) is 0.498. The lowest BCUT2D eigenvalue weighted by Gasteiger charge is -2.32. The Morgan fingerprint density at radius 3 is 2.94 bits per heavy atom. The number of likely N-dealkylation sites (tertiary alicyclic amines) is 1. The minimum atomic E-state index is -0.936. The van der Waals surface area contributed by atoms with Gasteiger partial charge in [0.2, 0.25) is 5.91 Å². The second kappa shape index (κ2) is 5.53. The topological polar surface area (TPSA) is 70.8 Å². The van der Waals surface area contributed by atoms with E-state index in [-0.39, 0.29) is 5.91 Å². The highest BCUT2D eigenvalue weighted by Gasteiger charge is 2.30. The van der Waals surface area contributed by atoms with E-state index in [1.54, 1.807) is 18.2 Å². The molecule has 5 nitrogen and oxygen atoms in total. The maximum Gasteiger partial charge on any atom is 0.326 e. The first-order valence-corrected chi connectivity index (χ1v) is 5.93. The summed E-state index contributed by atoms with van der Waals surface area (Å²) < 4.78 is 5.07. The Balaban J connectivity index is 2.04. The van der Waals surface area contributed by atoms with Gasteiger partial charge in [0.1, 0.15) is 11.8 Å². The Labute approximate surface area is 105 Å². The third-order valence-electron chi connectivity index (χ3n) is 3.00. The smallest absolute Gasteiger partial charge is 0.326 e. The van der Waals surface area contributed by atoms with Gasteiger partial charge in [0.25, 0.3) is 0 Å². The van der Waals surface area contributed by atoms with Crippen molar-refractivity contribution >= 4 is 18.0 Å². The molecule has 0 radical (unpaired) electrons. The molecule has 0 bridgehead atoms. The van der Waals surface area contributed by atoms with Crippen LogP contribution in [0.1, 0.15) is 25.0 Å². The van der Waals surface area contributed by atoms with Crippen LogP contribution in [-0.2, 0) is 9.59 Å². The summed E-state index contributed by atoms with van der Waals surface area (Å²) in [5, 5.41) is 9.07. The third-order valence-corrected chi connectivity index (χ3v) is 3.00. The molecule has 18 heavy (non-hydrogen) atoms. The van der Waals surface area contributed by atoms with Crippen LogP contribution in [0.3, 0.4) is 0 Å². The number of hydrogen-bond acceptors (Lipinski definition) is 3. The van der Waals surface area contributed by atoms with Gasteiger partial charge in [-0.15, -0.1) is 0 Å². The molecule has 1 atom stereocenters. The summed E-state index contributed by atoms with van der Waals surface area (Å²) in [6, 6.07) is 2.76. The number of furan rings is 1. The number of aliphatic carboxylic acids is 1. The monoisotopic (exact) mass is 249 g/mol. The number of piperidine rings is 1. The number of carbonyl (C=O) groups excluding carboxylic acids is 1. The summed E-state index contributed by atoms with van der Waals surface area (Å²) in [7, 11) is 0. The molecule has 0 saturated carbocycles. The summed E-state index contributed by atoms with van der Waals surface area (Å²) in [4.78, 5) is 24.4. The van der Waals surface area contributed by atoms with E-state index in [9.17, 15) is 9.59 Å². The molecule has 1 aliphatic rings. The summed E-state index contributed by atoms with van der Waals surface area (Å²) in [5.41, 5.74) is 0. The van der Waals surface area contributed by atoms with Crippen molar-refractivity contribution in [1.29, 1.82) is 0 Å². The van der Waals surface area contributed by atoms with Crippen molar-refractivity contribution < 1.29 is 19.1 Å². The highest BCUT2D eigenvalue weighted by atomic mass is 16.4. The Morgan fingerprint density at radius 2 is 2.28 bits per heavy atom. The largest absolute Gasteiger partial charge is 0.480 e. The van der Waals surface area contributed by atoms with Crippen molar-refractivity contribution in [2.45, 2.75) is 25.3 Å². The van der Waals surface area contributed by atoms with Crippen LogP contribution in [0.5, 0.6) is 0 Å². The number of carboxylic acid groups (broad SMARTS) is 1. The molecule has 5 heteroatoms. The van der Waals surface area contributed by atoms with Gasteiger partial charge in [-0.3, -0.25) is 4.79 Å². The van der Waals surface area contributed by atoms with E-state index in [1.807, 2.05) is 0 Å². The molecule has 1 aromatic heterocycles. The van der Waals surface area contributed by atoms with E-state index in [4.69, 9.17) is 9.52 Å². The molecule has 96 valence electrons. The molecule has 2 heterocycles. The first-order chi connectivity index (χ1) is 8.68. The van der Waals surface area contributed by atoms with Crippen LogP contribution in [0.4, 0.5) is 0 Å². The van der Waals surface area contributed by atoms with Crippen LogP contribution in [-0.4, -0.2) is 34.5 Å². The van der Waals surface area contributed by atoms with Gasteiger partial charge in [-0.25, -0.2) is 4.79 Å². The quantitative estimate of drug-likeness (QED) is 0.828. The van der Waals surface area contributed by atoms with Crippen LogP contribution in [0.25, 0.3) is 6.08 Å². The Morgan fingerprint density at radius 1 is 1.44 bits per heavy atom. The van der Waals surface area contributed by atoms with Crippen LogP contribution < -0.4 is 0 Å². The van der Waals surface area contributed by atoms with E-state index in [0.717, 1.165) is 12.8 Å². The molecular formula is C13H15NO4. The van der Waals surface area contributed by atoms with E-state index in [2.05, 4.69) is 0 Å². The second-order valence-electron chi connectivity index (χ2n) is 4.23. The number of amides is 1. The summed E-state index contributed by atoms with van der Waals surface area (Å²) in [6.07, 6.45) is 6.66. The predicted octanol–water partition coefficient (Wildman–Crippen LogP) is 1.76. The van der Waals surface area contributed by atoms with Gasteiger partial charge in [-0.05, 0) is 37.5 Å². The lowest BCUT2D eigenvalue weighted by molar-refractivity contribution is -0.150. The molecule has 1 aliphatic heterocycles. The van der Waals surface area contributed by atoms with Gasteiger partial charge < -0.3 is 14.4 Å². The van der Waals surface area contributed by atoms with Gasteiger partial charge in [0, 0.05) is 12.6 Å². The zero-order chi connectivity index (χ0) is 13.0. The molecule has 1 amide bonds. The molecule has 1 N–H and O–H groups in total. The fourth-order valence-electron chi connectivity index (χ4n) is 2.09. The Bertz CT molecular complexity index is 450. The number of carboxylic acids is 1. The minimum Gasteiger partial charge on any atom is -0.480 e. The Kier molecular flexibility index (Phi) is 3.82. The van der Waals surface area contributed by atoms with Crippen molar-refractivity contribution in [2.75, 3.05) is 6.54 Å². The van der Waals surface area contributed by atoms with Crippen LogP contribution in [0, 0.1) is 0 Å². The maximum atomic E-state index is 11.9. The lowest BCUT2D eigenvalue weighted by atomic mass is 10.0. The van der Waals surface area contributed by atoms with Crippen molar-refractivity contribution in [2.24, 2.45) is 0 Å². The number of nitrogens with zero attached hydrogens (tertiary/aromatic N) is 1. The third kappa shape index (κ3) is 2.80. The van der Waals surface area contributed by atoms with Gasteiger partial charge in [-0.2, -0.15) is 0 Å². The summed E-state index contributed by atoms with van der Waals surface area (Å²) >= 11 is 0. The Hall–Kier alpha value is -2.04. The fourth-order valence-corrected chi connectivity index (χ4v) is 2.09. The number of rotatable bonds is 3. The first kappa shape index (κ1) is 12.4. The van der Waals surface area contributed by atoms with Crippen molar-refractivity contribution in [3.63, 3.8) is 0 Å². The molecule has 0 aliphatic carbocycles. The van der Waals surface area contributed by atoms with Gasteiger partial charge in [-0.1, -0.05) is 0 Å². The van der Waals surface area contributed by atoms with Crippen LogP contribution >= 0.6 is 0 Å². The normalized spacial score (nSPS) is 20.2. The number of carbonyl (C=O) groups is 2. The molecule has 1 saturated heterocycles. The SMILES string of the molecule is O=C(O)[C@@H]1CCCCN1C(=O)C=Cc1ccco1. The van der Waals surface area contributed by atoms with Crippen molar-refractivity contribution in [1.82, 2.24) is 4.90 Å². The van der Waals surface area contributed by atoms with Gasteiger partial charge in [0.15, 0.2) is 0 Å².